The lowest BCUT2D eigenvalue weighted by molar-refractivity contribution is -0.126. The van der Waals surface area contributed by atoms with Crippen molar-refractivity contribution in [1.82, 2.24) is 14.5 Å². The van der Waals surface area contributed by atoms with E-state index in [-0.39, 0.29) is 5.91 Å². The average Bonchev–Trinajstić information content (AvgIpc) is 3.25. The molecule has 2 aliphatic rings. The van der Waals surface area contributed by atoms with Gasteiger partial charge in [-0.25, -0.2) is 4.31 Å². The number of amides is 3. The molecule has 5 rings (SSSR count). The molecule has 11 heteroatoms. The first-order valence-electron chi connectivity index (χ1n) is 14.1. The highest BCUT2D eigenvalue weighted by Crippen LogP contribution is 2.41. The molecule has 1 unspecified atom stereocenters. The van der Waals surface area contributed by atoms with Crippen LogP contribution in [-0.2, 0) is 22.6 Å². The van der Waals surface area contributed by atoms with E-state index in [1.165, 1.54) is 4.90 Å². The Labute approximate surface area is 247 Å². The van der Waals surface area contributed by atoms with Crippen LogP contribution in [0.5, 0.6) is 0 Å². The van der Waals surface area contributed by atoms with Crippen LogP contribution in [0.2, 0.25) is 0 Å². The smallest absolute Gasteiger partial charge is 0.297 e. The zero-order valence-corrected chi connectivity index (χ0v) is 24.1. The topological polar surface area (TPSA) is 73.0 Å². The van der Waals surface area contributed by atoms with Crippen LogP contribution in [0.1, 0.15) is 46.8 Å². The minimum absolute atomic E-state index is 0.239. The van der Waals surface area contributed by atoms with Gasteiger partial charge < -0.3 is 0 Å². The van der Waals surface area contributed by atoms with Crippen molar-refractivity contribution in [3.63, 3.8) is 0 Å². The van der Waals surface area contributed by atoms with Gasteiger partial charge in [-0.2, -0.15) is 13.2 Å². The van der Waals surface area contributed by atoms with E-state index in [1.807, 2.05) is 31.2 Å². The Balaban J connectivity index is 1.27. The molecule has 1 saturated heterocycles. The second-order valence-corrected chi connectivity index (χ2v) is 11.7. The minimum Gasteiger partial charge on any atom is -0.297 e. The SMILES string of the molecule is CCCC(C(=O)NC=O)N1C(=O)c2cccc3c(Cc4ccc(CN5CCN(SCC(F)(F)F)CC5)cc4)ccc1c23. The molecule has 0 saturated carbocycles. The second kappa shape index (κ2) is 12.8. The van der Waals surface area contributed by atoms with E-state index in [2.05, 4.69) is 34.5 Å². The monoisotopic (exact) mass is 598 g/mol. The number of piperazine rings is 1. The van der Waals surface area contributed by atoms with Crippen LogP contribution in [0.15, 0.2) is 54.6 Å². The summed E-state index contributed by atoms with van der Waals surface area (Å²) < 4.78 is 39.3. The number of nitrogens with one attached hydrogen (secondary N) is 1. The van der Waals surface area contributed by atoms with Gasteiger partial charge in [0, 0.05) is 43.7 Å². The first kappa shape index (κ1) is 30.1. The van der Waals surface area contributed by atoms with Crippen LogP contribution < -0.4 is 10.2 Å². The largest absolute Gasteiger partial charge is 0.399 e. The van der Waals surface area contributed by atoms with E-state index in [0.717, 1.165) is 59.0 Å². The first-order chi connectivity index (χ1) is 20.2. The third-order valence-electron chi connectivity index (χ3n) is 7.76. The fourth-order valence-electron chi connectivity index (χ4n) is 5.76. The van der Waals surface area contributed by atoms with Gasteiger partial charge in [-0.3, -0.25) is 29.5 Å². The number of imide groups is 1. The molecule has 3 aromatic rings. The fourth-order valence-corrected chi connectivity index (χ4v) is 6.51. The summed E-state index contributed by atoms with van der Waals surface area (Å²) in [5.74, 6) is -1.58. The molecule has 42 heavy (non-hydrogen) atoms. The maximum Gasteiger partial charge on any atom is 0.399 e. The number of anilines is 1. The van der Waals surface area contributed by atoms with Crippen molar-refractivity contribution in [3.05, 3.63) is 76.9 Å². The molecular weight excluding hydrogens is 565 g/mol. The van der Waals surface area contributed by atoms with E-state index in [4.69, 9.17) is 0 Å². The Morgan fingerprint density at radius 3 is 2.40 bits per heavy atom. The summed E-state index contributed by atoms with van der Waals surface area (Å²) in [7, 11) is 0. The number of hydrogen-bond donors (Lipinski definition) is 1. The Morgan fingerprint density at radius 1 is 1.02 bits per heavy atom. The molecule has 2 aliphatic heterocycles. The van der Waals surface area contributed by atoms with Gasteiger partial charge in [0.2, 0.25) is 12.3 Å². The third kappa shape index (κ3) is 6.63. The van der Waals surface area contributed by atoms with Crippen molar-refractivity contribution in [3.8, 4) is 0 Å². The number of carbonyl (C=O) groups excluding carboxylic acids is 3. The number of rotatable bonds is 11. The summed E-state index contributed by atoms with van der Waals surface area (Å²) in [6, 6.07) is 17.1. The van der Waals surface area contributed by atoms with E-state index in [9.17, 15) is 27.6 Å². The van der Waals surface area contributed by atoms with Gasteiger partial charge in [0.05, 0.1) is 5.69 Å². The number of nitrogens with zero attached hydrogens (tertiary/aromatic N) is 3. The molecule has 1 atom stereocenters. The average molecular weight is 599 g/mol. The lowest BCUT2D eigenvalue weighted by atomic mass is 9.95. The normalized spacial score (nSPS) is 16.7. The summed E-state index contributed by atoms with van der Waals surface area (Å²) in [6.45, 7) is 5.32. The zero-order valence-electron chi connectivity index (χ0n) is 23.3. The van der Waals surface area contributed by atoms with Gasteiger partial charge in [0.15, 0.2) is 0 Å². The number of halogens is 3. The highest BCUT2D eigenvalue weighted by Gasteiger charge is 2.38. The minimum atomic E-state index is -4.15. The molecule has 0 radical (unpaired) electrons. The van der Waals surface area contributed by atoms with Crippen LogP contribution in [0, 0.1) is 0 Å². The summed E-state index contributed by atoms with van der Waals surface area (Å²) in [5, 5.41) is 4.00. The summed E-state index contributed by atoms with van der Waals surface area (Å²) in [4.78, 5) is 40.9. The third-order valence-corrected chi connectivity index (χ3v) is 8.95. The molecule has 0 spiro atoms. The number of carbonyl (C=O) groups is 3. The first-order valence-corrected chi connectivity index (χ1v) is 15.0. The molecule has 0 bridgehead atoms. The van der Waals surface area contributed by atoms with Gasteiger partial charge in [-0.05, 0) is 47.1 Å². The molecule has 222 valence electrons. The lowest BCUT2D eigenvalue weighted by Crippen LogP contribution is -2.48. The van der Waals surface area contributed by atoms with Crippen molar-refractivity contribution >= 4 is 46.6 Å². The molecule has 0 aromatic heterocycles. The number of hydrogen-bond acceptors (Lipinski definition) is 6. The number of alkyl halides is 3. The Hall–Kier alpha value is -3.41. The van der Waals surface area contributed by atoms with Crippen molar-refractivity contribution in [1.29, 1.82) is 0 Å². The molecule has 3 aromatic carbocycles. The standard InChI is InChI=1S/C31H33F3N4O3S/c1-2-4-27(29(40)35-20-39)38-26-12-11-23(24-5-3-6-25(28(24)26)30(38)41)17-21-7-9-22(10-8-21)18-36-13-15-37(16-14-36)42-19-31(32,33)34/h3,5-12,20,27H,2,4,13-19H2,1H3,(H,35,39,40). The van der Waals surface area contributed by atoms with E-state index < -0.39 is 23.9 Å². The maximum atomic E-state index is 13.5. The van der Waals surface area contributed by atoms with Crippen molar-refractivity contribution in [2.24, 2.45) is 0 Å². The molecule has 3 amide bonds. The lowest BCUT2D eigenvalue weighted by Gasteiger charge is -2.34. The van der Waals surface area contributed by atoms with E-state index in [1.54, 1.807) is 10.4 Å². The van der Waals surface area contributed by atoms with Crippen LogP contribution in [-0.4, -0.2) is 71.6 Å². The molecule has 7 nitrogen and oxygen atoms in total. The fraction of sp³-hybridized carbons (Fsp3) is 0.387. The molecule has 2 heterocycles. The zero-order chi connectivity index (χ0) is 29.9. The van der Waals surface area contributed by atoms with Crippen molar-refractivity contribution in [2.75, 3.05) is 36.8 Å². The van der Waals surface area contributed by atoms with Gasteiger partial charge in [-0.1, -0.05) is 67.8 Å². The van der Waals surface area contributed by atoms with Crippen molar-refractivity contribution < 1.29 is 27.6 Å². The molecule has 1 fully saturated rings. The van der Waals surface area contributed by atoms with Gasteiger partial charge >= 0.3 is 6.18 Å². The highest BCUT2D eigenvalue weighted by molar-refractivity contribution is 7.97. The highest BCUT2D eigenvalue weighted by atomic mass is 32.2. The summed E-state index contributed by atoms with van der Waals surface area (Å²) >= 11 is 0.858. The number of benzene rings is 3. The Bertz CT molecular complexity index is 1460. The van der Waals surface area contributed by atoms with Gasteiger partial charge in [0.25, 0.3) is 5.91 Å². The van der Waals surface area contributed by atoms with Gasteiger partial charge in [0.1, 0.15) is 11.8 Å². The molecular formula is C31H33F3N4O3S. The van der Waals surface area contributed by atoms with Gasteiger partial charge in [-0.15, -0.1) is 0 Å². The quantitative estimate of drug-likeness (QED) is 0.243. The summed E-state index contributed by atoms with van der Waals surface area (Å²) in [5.41, 5.74) is 4.56. The predicted molar refractivity (Wildman–Crippen MR) is 158 cm³/mol. The Kier molecular flexibility index (Phi) is 9.19. The van der Waals surface area contributed by atoms with Crippen LogP contribution in [0.25, 0.3) is 10.8 Å². The molecule has 1 N–H and O–H groups in total. The van der Waals surface area contributed by atoms with Crippen molar-refractivity contribution in [2.45, 2.75) is 44.9 Å². The molecule has 0 aliphatic carbocycles. The second-order valence-electron chi connectivity index (χ2n) is 10.7. The predicted octanol–water partition coefficient (Wildman–Crippen LogP) is 5.16. The van der Waals surface area contributed by atoms with Crippen LogP contribution in [0.3, 0.4) is 0 Å². The van der Waals surface area contributed by atoms with E-state index >= 15 is 0 Å². The Morgan fingerprint density at radius 2 is 1.74 bits per heavy atom. The van der Waals surface area contributed by atoms with E-state index in [0.29, 0.717) is 50.0 Å². The van der Waals surface area contributed by atoms with Crippen LogP contribution in [0.4, 0.5) is 18.9 Å². The maximum absolute atomic E-state index is 13.5. The summed E-state index contributed by atoms with van der Waals surface area (Å²) in [6.07, 6.45) is -2.03. The van der Waals surface area contributed by atoms with Crippen LogP contribution >= 0.6 is 11.9 Å².